The number of guanidine groups is 1. The zero-order chi connectivity index (χ0) is 18.9. The number of hydrogen-bond donors (Lipinski definition) is 0. The zero-order valence-electron chi connectivity index (χ0n) is 15.7. The lowest BCUT2D eigenvalue weighted by atomic mass is 9.94. The predicted octanol–water partition coefficient (Wildman–Crippen LogP) is 2.86. The third-order valence-corrected chi connectivity index (χ3v) is 5.22. The normalized spacial score (nSPS) is 18.4. The predicted molar refractivity (Wildman–Crippen MR) is 105 cm³/mol. The van der Waals surface area contributed by atoms with Crippen LogP contribution in [-0.2, 0) is 0 Å². The first-order valence-corrected chi connectivity index (χ1v) is 9.21. The average molecular weight is 361 g/mol. The summed E-state index contributed by atoms with van der Waals surface area (Å²) in [6, 6.07) is 11.3. The molecule has 0 saturated carbocycles. The topological polar surface area (TPSA) is 61.7 Å². The molecule has 0 unspecified atom stereocenters. The maximum Gasteiger partial charge on any atom is 0.203 e. The number of carbonyl (C=O) groups excluding carboxylic acids is 1. The van der Waals surface area contributed by atoms with Gasteiger partial charge in [0, 0.05) is 30.4 Å². The highest BCUT2D eigenvalue weighted by atomic mass is 16.1. The number of Topliss-reactive ketones (excluding diaryl/α,β-unsaturated/α-hetero) is 1. The minimum Gasteiger partial charge on any atom is -0.339 e. The Morgan fingerprint density at radius 1 is 1.19 bits per heavy atom. The molecule has 0 N–H and O–H groups in total. The van der Waals surface area contributed by atoms with Gasteiger partial charge in [-0.1, -0.05) is 30.3 Å². The number of aromatic nitrogens is 2. The molecule has 27 heavy (non-hydrogen) atoms. The van der Waals surface area contributed by atoms with E-state index in [9.17, 15) is 4.79 Å². The van der Waals surface area contributed by atoms with Gasteiger partial charge in [0.25, 0.3) is 0 Å². The summed E-state index contributed by atoms with van der Waals surface area (Å²) in [4.78, 5) is 30.4. The fourth-order valence-electron chi connectivity index (χ4n) is 3.49. The minimum atomic E-state index is -0.145. The first kappa shape index (κ1) is 17.4. The molecule has 3 heterocycles. The van der Waals surface area contributed by atoms with E-state index in [0.717, 1.165) is 42.4 Å². The van der Waals surface area contributed by atoms with Gasteiger partial charge >= 0.3 is 0 Å². The van der Waals surface area contributed by atoms with Crippen LogP contribution in [0.4, 0.5) is 0 Å². The van der Waals surface area contributed by atoms with E-state index in [0.29, 0.717) is 6.54 Å². The van der Waals surface area contributed by atoms with E-state index in [1.165, 1.54) is 6.33 Å². The Hall–Kier alpha value is -3.02. The number of hydrogen-bond acceptors (Lipinski definition) is 6. The number of fused-ring (bicyclic) bond motifs is 1. The Labute approximate surface area is 159 Å². The molecule has 0 atom stereocenters. The second-order valence-electron chi connectivity index (χ2n) is 7.48. The quantitative estimate of drug-likeness (QED) is 0.784. The Kier molecular flexibility index (Phi) is 4.48. The summed E-state index contributed by atoms with van der Waals surface area (Å²) in [5.41, 5.74) is 2.22. The molecule has 4 rings (SSSR count). The van der Waals surface area contributed by atoms with E-state index in [1.807, 2.05) is 36.4 Å². The average Bonchev–Trinajstić information content (AvgIpc) is 2.71. The molecule has 0 aliphatic carbocycles. The number of rotatable bonds is 4. The van der Waals surface area contributed by atoms with E-state index >= 15 is 0 Å². The van der Waals surface area contributed by atoms with E-state index in [-0.39, 0.29) is 11.3 Å². The van der Waals surface area contributed by atoms with Crippen molar-refractivity contribution in [3.05, 3.63) is 66.3 Å². The van der Waals surface area contributed by atoms with E-state index in [2.05, 4.69) is 39.7 Å². The molecule has 6 nitrogen and oxygen atoms in total. The molecule has 2 aliphatic rings. The van der Waals surface area contributed by atoms with Crippen molar-refractivity contribution in [2.24, 2.45) is 4.99 Å². The Morgan fingerprint density at radius 2 is 2.00 bits per heavy atom. The number of nitrogens with zero attached hydrogens (tertiary/aromatic N) is 5. The van der Waals surface area contributed by atoms with Gasteiger partial charge in [0.1, 0.15) is 6.33 Å². The molecule has 2 aliphatic heterocycles. The van der Waals surface area contributed by atoms with E-state index < -0.39 is 0 Å². The maximum atomic E-state index is 12.9. The van der Waals surface area contributed by atoms with Gasteiger partial charge in [0.05, 0.1) is 17.9 Å². The lowest BCUT2D eigenvalue weighted by Crippen LogP contribution is -2.61. The highest BCUT2D eigenvalue weighted by molar-refractivity contribution is 6.00. The molecule has 1 aromatic heterocycles. The molecule has 0 bridgehead atoms. The van der Waals surface area contributed by atoms with Crippen LogP contribution in [-0.4, -0.2) is 56.7 Å². The summed E-state index contributed by atoms with van der Waals surface area (Å²) in [6.07, 6.45) is 6.31. The van der Waals surface area contributed by atoms with Gasteiger partial charge in [0.2, 0.25) is 5.96 Å². The SMILES string of the molecule is CC1(C)CCN2CC=C(c3ccncn3)N=C2N1CC(=O)c1ccccc1. The molecular weight excluding hydrogens is 338 g/mol. The van der Waals surface area contributed by atoms with Gasteiger partial charge in [-0.2, -0.15) is 0 Å². The lowest BCUT2D eigenvalue weighted by molar-refractivity contribution is 0.0828. The third-order valence-electron chi connectivity index (χ3n) is 5.22. The van der Waals surface area contributed by atoms with Crippen molar-refractivity contribution in [2.75, 3.05) is 19.6 Å². The molecule has 2 aromatic rings. The first-order valence-electron chi connectivity index (χ1n) is 9.21. The lowest BCUT2D eigenvalue weighted by Gasteiger charge is -2.49. The van der Waals surface area contributed by atoms with Gasteiger partial charge in [-0.25, -0.2) is 15.0 Å². The Bertz CT molecular complexity index is 889. The van der Waals surface area contributed by atoms with Crippen molar-refractivity contribution in [3.8, 4) is 0 Å². The molecule has 138 valence electrons. The molecule has 1 saturated heterocycles. The van der Waals surface area contributed by atoms with Gasteiger partial charge in [-0.15, -0.1) is 0 Å². The second-order valence-corrected chi connectivity index (χ2v) is 7.48. The summed E-state index contributed by atoms with van der Waals surface area (Å²) in [5.74, 6) is 0.956. The number of aliphatic imine (C=N–C) groups is 1. The van der Waals surface area contributed by atoms with Crippen LogP contribution in [0.5, 0.6) is 0 Å². The van der Waals surface area contributed by atoms with Gasteiger partial charge < -0.3 is 9.80 Å². The minimum absolute atomic E-state index is 0.103. The van der Waals surface area contributed by atoms with Crippen LogP contribution in [0, 0.1) is 0 Å². The first-order chi connectivity index (χ1) is 13.0. The van der Waals surface area contributed by atoms with Crippen LogP contribution in [0.25, 0.3) is 5.70 Å². The molecule has 0 radical (unpaired) electrons. The summed E-state index contributed by atoms with van der Waals surface area (Å²) in [7, 11) is 0. The van der Waals surface area contributed by atoms with Crippen LogP contribution < -0.4 is 0 Å². The highest BCUT2D eigenvalue weighted by Gasteiger charge is 2.39. The number of benzene rings is 1. The number of carbonyl (C=O) groups is 1. The van der Waals surface area contributed by atoms with Crippen LogP contribution in [0.1, 0.15) is 36.3 Å². The van der Waals surface area contributed by atoms with Gasteiger partial charge in [0.15, 0.2) is 5.78 Å². The van der Waals surface area contributed by atoms with Gasteiger partial charge in [-0.05, 0) is 32.4 Å². The third kappa shape index (κ3) is 3.47. The molecule has 0 amide bonds. The summed E-state index contributed by atoms with van der Waals surface area (Å²) in [6.45, 7) is 6.35. The second kappa shape index (κ2) is 6.95. The van der Waals surface area contributed by atoms with Crippen molar-refractivity contribution in [1.82, 2.24) is 19.8 Å². The Morgan fingerprint density at radius 3 is 2.74 bits per heavy atom. The summed E-state index contributed by atoms with van der Waals surface area (Å²) < 4.78 is 0. The van der Waals surface area contributed by atoms with Crippen LogP contribution >= 0.6 is 0 Å². The Balaban J connectivity index is 1.66. The zero-order valence-corrected chi connectivity index (χ0v) is 15.7. The van der Waals surface area contributed by atoms with Crippen molar-refractivity contribution >= 4 is 17.4 Å². The highest BCUT2D eigenvalue weighted by Crippen LogP contribution is 2.30. The standard InChI is InChI=1S/C21H23N5O/c1-21(2)10-13-25-12-9-18(17-8-11-22-15-23-17)24-20(25)26(21)14-19(27)16-6-4-3-5-7-16/h3-9,11,15H,10,12-14H2,1-2H3. The van der Waals surface area contributed by atoms with Crippen molar-refractivity contribution < 1.29 is 4.79 Å². The smallest absolute Gasteiger partial charge is 0.203 e. The van der Waals surface area contributed by atoms with Crippen molar-refractivity contribution in [3.63, 3.8) is 0 Å². The molecule has 1 aromatic carbocycles. The molecule has 1 fully saturated rings. The number of ketones is 1. The van der Waals surface area contributed by atoms with Crippen LogP contribution in [0.15, 0.2) is 60.0 Å². The fourth-order valence-corrected chi connectivity index (χ4v) is 3.49. The van der Waals surface area contributed by atoms with Crippen molar-refractivity contribution in [2.45, 2.75) is 25.8 Å². The van der Waals surface area contributed by atoms with E-state index in [1.54, 1.807) is 6.20 Å². The molecule has 0 spiro atoms. The summed E-state index contributed by atoms with van der Waals surface area (Å²) in [5, 5.41) is 0. The van der Waals surface area contributed by atoms with Crippen LogP contribution in [0.3, 0.4) is 0 Å². The van der Waals surface area contributed by atoms with E-state index in [4.69, 9.17) is 4.99 Å². The molecular formula is C21H23N5O. The largest absolute Gasteiger partial charge is 0.339 e. The van der Waals surface area contributed by atoms with Gasteiger partial charge in [-0.3, -0.25) is 4.79 Å². The molecule has 6 heteroatoms. The van der Waals surface area contributed by atoms with Crippen LogP contribution in [0.2, 0.25) is 0 Å². The fraction of sp³-hybridized carbons (Fsp3) is 0.333. The van der Waals surface area contributed by atoms with Crippen molar-refractivity contribution in [1.29, 1.82) is 0 Å². The summed E-state index contributed by atoms with van der Waals surface area (Å²) >= 11 is 0. The maximum absolute atomic E-state index is 12.9. The monoisotopic (exact) mass is 361 g/mol.